The van der Waals surface area contributed by atoms with Gasteiger partial charge in [-0.1, -0.05) is 179 Å². The van der Waals surface area contributed by atoms with Gasteiger partial charge in [0, 0.05) is 27.2 Å². The highest BCUT2D eigenvalue weighted by molar-refractivity contribution is 9.10. The molecule has 16 rings (SSSR count). The van der Waals surface area contributed by atoms with Crippen LogP contribution in [0.5, 0.6) is 34.5 Å². The minimum Gasteiger partial charge on any atom is -0.497 e. The third-order valence-corrected chi connectivity index (χ3v) is 21.0. The van der Waals surface area contributed by atoms with Gasteiger partial charge in [0.25, 0.3) is 0 Å². The van der Waals surface area contributed by atoms with Crippen LogP contribution in [0.3, 0.4) is 0 Å². The number of aliphatic imine (C=N–C) groups is 4. The van der Waals surface area contributed by atoms with Crippen LogP contribution in [0.1, 0.15) is 102 Å². The first-order valence-electron chi connectivity index (χ1n) is 37.1. The number of nitrogens with zero attached hydrogens (tertiary/aromatic N) is 8. The molecule has 4 heterocycles. The van der Waals surface area contributed by atoms with Crippen molar-refractivity contribution in [1.82, 2.24) is 0 Å². The lowest BCUT2D eigenvalue weighted by Crippen LogP contribution is -2.35. The fourth-order valence-electron chi connectivity index (χ4n) is 14.6. The third kappa shape index (κ3) is 17.2. The molecule has 0 fully saturated rings. The van der Waals surface area contributed by atoms with Gasteiger partial charge in [0.15, 0.2) is 0 Å². The summed E-state index contributed by atoms with van der Waals surface area (Å²) in [4.78, 5) is 30.0. The van der Waals surface area contributed by atoms with E-state index < -0.39 is 0 Å². The van der Waals surface area contributed by atoms with E-state index in [0.717, 1.165) is 101 Å². The second-order valence-corrected chi connectivity index (χ2v) is 28.1. The summed E-state index contributed by atoms with van der Waals surface area (Å²) < 4.78 is 33.0. The average Bonchev–Trinajstić information content (AvgIpc) is 1.64. The SMILES string of the molecule is COc1ccc(C2=NC(c3ccc(OC)cc3)N(c3ccc(OC)cc3)C2C)cc1.COc1ccc(C2=NC(c3ccccc3)N(c3ccccc3)C2C)cc1.COc1ccc(C2N=C(c3ccccc3)C(C)N2c2ccc(Br)cc2)cc1.COc1ccc(C2N=C(c3ccccc3)C(C)N2c2ccc(C)cc2)cc1. The fourth-order valence-corrected chi connectivity index (χ4v) is 14.9. The van der Waals surface area contributed by atoms with Crippen molar-refractivity contribution in [3.63, 3.8) is 0 Å². The smallest absolute Gasteiger partial charge is 0.148 e. The van der Waals surface area contributed by atoms with E-state index in [9.17, 15) is 0 Å². The fraction of sp³-hybridized carbons (Fsp3) is 0.200. The maximum absolute atomic E-state index is 5.34. The Hall–Kier alpha value is -12.2. The molecule has 12 aromatic rings. The van der Waals surface area contributed by atoms with Crippen LogP contribution in [0, 0.1) is 6.92 Å². The quantitative estimate of drug-likeness (QED) is 0.0822. The molecule has 0 radical (unpaired) electrons. The number of aryl methyl sites for hydroxylation is 1. The summed E-state index contributed by atoms with van der Waals surface area (Å²) in [5.41, 5.74) is 19.5. The van der Waals surface area contributed by atoms with Gasteiger partial charge in [0.1, 0.15) is 59.2 Å². The molecular formula is C95H93BrN8O6. The summed E-state index contributed by atoms with van der Waals surface area (Å²) in [7, 11) is 10.1. The lowest BCUT2D eigenvalue weighted by Gasteiger charge is -2.30. The number of methoxy groups -OCH3 is 6. The van der Waals surface area contributed by atoms with E-state index in [0.29, 0.717) is 0 Å². The number of ether oxygens (including phenoxy) is 6. The van der Waals surface area contributed by atoms with Crippen LogP contribution >= 0.6 is 15.9 Å². The molecule has 15 heteroatoms. The summed E-state index contributed by atoms with van der Waals surface area (Å²) in [6.45, 7) is 11.0. The van der Waals surface area contributed by atoms with E-state index in [-0.39, 0.29) is 48.8 Å². The first-order chi connectivity index (χ1) is 53.8. The monoisotopic (exact) mass is 1520 g/mol. The maximum Gasteiger partial charge on any atom is 0.148 e. The Morgan fingerprint density at radius 1 is 0.236 bits per heavy atom. The normalized spacial score (nSPS) is 18.9. The number of para-hydroxylation sites is 1. The van der Waals surface area contributed by atoms with Crippen LogP contribution in [0.15, 0.2) is 340 Å². The molecule has 4 aliphatic rings. The molecule has 0 amide bonds. The average molecular weight is 1520 g/mol. The summed E-state index contributed by atoms with van der Waals surface area (Å²) in [5, 5.41) is 0. The van der Waals surface area contributed by atoms with Crippen LogP contribution in [0.25, 0.3) is 0 Å². The number of halogens is 1. The van der Waals surface area contributed by atoms with Gasteiger partial charge in [0.05, 0.1) is 89.7 Å². The van der Waals surface area contributed by atoms with Gasteiger partial charge in [-0.3, -0.25) is 20.0 Å². The first kappa shape index (κ1) is 76.0. The van der Waals surface area contributed by atoms with Gasteiger partial charge in [-0.2, -0.15) is 0 Å². The zero-order valence-corrected chi connectivity index (χ0v) is 65.6. The highest BCUT2D eigenvalue weighted by atomic mass is 79.9. The van der Waals surface area contributed by atoms with Crippen molar-refractivity contribution < 1.29 is 28.4 Å². The van der Waals surface area contributed by atoms with Crippen LogP contribution in [-0.4, -0.2) is 89.7 Å². The summed E-state index contributed by atoms with van der Waals surface area (Å²) >= 11 is 3.53. The Morgan fingerprint density at radius 3 is 0.727 bits per heavy atom. The van der Waals surface area contributed by atoms with Gasteiger partial charge in [-0.15, -0.1) is 0 Å². The minimum atomic E-state index is -0.128. The Bertz CT molecular complexity index is 4900. The zero-order chi connectivity index (χ0) is 76.6. The predicted molar refractivity (Wildman–Crippen MR) is 454 cm³/mol. The van der Waals surface area contributed by atoms with E-state index >= 15 is 0 Å². The van der Waals surface area contributed by atoms with Crippen molar-refractivity contribution in [2.24, 2.45) is 20.0 Å². The van der Waals surface area contributed by atoms with E-state index in [1.54, 1.807) is 42.7 Å². The van der Waals surface area contributed by atoms with E-state index in [4.69, 9.17) is 48.4 Å². The predicted octanol–water partition coefficient (Wildman–Crippen LogP) is 21.5. The Balaban J connectivity index is 0.000000129. The molecule has 0 aromatic heterocycles. The summed E-state index contributed by atoms with van der Waals surface area (Å²) in [6.07, 6.45) is -0.270. The van der Waals surface area contributed by atoms with E-state index in [2.05, 4.69) is 289 Å². The van der Waals surface area contributed by atoms with Crippen molar-refractivity contribution >= 4 is 61.5 Å². The van der Waals surface area contributed by atoms with Crippen molar-refractivity contribution in [1.29, 1.82) is 0 Å². The molecule has 4 aliphatic heterocycles. The molecule has 0 bridgehead atoms. The molecule has 0 saturated carbocycles. The van der Waals surface area contributed by atoms with E-state index in [1.165, 1.54) is 33.6 Å². The largest absolute Gasteiger partial charge is 0.497 e. The van der Waals surface area contributed by atoms with Crippen LogP contribution in [-0.2, 0) is 0 Å². The van der Waals surface area contributed by atoms with Crippen LogP contribution < -0.4 is 48.0 Å². The molecule has 0 saturated heterocycles. The number of anilines is 4. The van der Waals surface area contributed by atoms with Crippen molar-refractivity contribution in [3.8, 4) is 34.5 Å². The first-order valence-corrected chi connectivity index (χ1v) is 37.9. The lowest BCUT2D eigenvalue weighted by molar-refractivity contribution is 0.414. The van der Waals surface area contributed by atoms with Crippen molar-refractivity contribution in [2.75, 3.05) is 62.3 Å². The Morgan fingerprint density at radius 2 is 0.445 bits per heavy atom. The molecule has 0 spiro atoms. The van der Waals surface area contributed by atoms with Crippen LogP contribution in [0.4, 0.5) is 22.7 Å². The Labute approximate surface area is 656 Å². The Kier molecular flexibility index (Phi) is 24.7. The molecule has 556 valence electrons. The second kappa shape index (κ2) is 35.7. The molecule has 110 heavy (non-hydrogen) atoms. The number of rotatable bonds is 18. The maximum atomic E-state index is 5.34. The molecule has 8 unspecified atom stereocenters. The van der Waals surface area contributed by atoms with Gasteiger partial charge in [-0.25, -0.2) is 0 Å². The molecule has 0 N–H and O–H groups in total. The van der Waals surface area contributed by atoms with Gasteiger partial charge >= 0.3 is 0 Å². The molecule has 14 nitrogen and oxygen atoms in total. The molecule has 0 aliphatic carbocycles. The van der Waals surface area contributed by atoms with Crippen molar-refractivity contribution in [3.05, 3.63) is 370 Å². The summed E-state index contributed by atoms with van der Waals surface area (Å²) in [5.74, 6) is 5.08. The van der Waals surface area contributed by atoms with Gasteiger partial charge in [0.2, 0.25) is 0 Å². The highest BCUT2D eigenvalue weighted by Crippen LogP contribution is 2.43. The summed E-state index contributed by atoms with van der Waals surface area (Å²) in [6, 6.07) is 109. The van der Waals surface area contributed by atoms with Gasteiger partial charge in [-0.05, 0) is 237 Å². The highest BCUT2D eigenvalue weighted by Gasteiger charge is 2.39. The van der Waals surface area contributed by atoms with Gasteiger partial charge < -0.3 is 48.0 Å². The lowest BCUT2D eigenvalue weighted by atomic mass is 10.0. The number of hydrogen-bond donors (Lipinski definition) is 0. The standard InChI is InChI=1S/C25H26N2O3.C24H24N2O.C23H21BrN2O.C23H22N2O/c1-17-24(18-5-11-21(28-2)12-6-18)26-25(19-7-13-22(29-3)14-8-19)27(17)20-9-15-23(30-4)16-10-20;1-17-9-13-21(14-10-17)26-18(2)23(19-7-5-4-6-8-19)25-24(26)20-11-15-22(27-3)16-12-20;1-16-22(17-6-4-3-5-7-17)25-23(18-8-14-21(27-2)15-9-18)26(16)20-12-10-19(24)11-13-20;1-17-22(18-13-15-21(26-2)16-14-18)24-23(19-9-5-3-6-10-19)25(17)20-11-7-4-8-12-20/h5-17,25H,1-4H3;4-16,18,24H,1-3H3;3-16,23H,1-2H3;3-17,23H,1-2H3. The van der Waals surface area contributed by atoms with E-state index in [1.807, 2.05) is 97.1 Å². The molecule has 8 atom stereocenters. The van der Waals surface area contributed by atoms with Crippen LogP contribution in [0.2, 0.25) is 0 Å². The van der Waals surface area contributed by atoms with Crippen molar-refractivity contribution in [2.45, 2.75) is 83.4 Å². The molecular weight excluding hydrogens is 1430 g/mol. The zero-order valence-electron chi connectivity index (χ0n) is 64.0. The number of hydrogen-bond acceptors (Lipinski definition) is 14. The molecule has 12 aromatic carbocycles. The number of benzene rings is 12. The minimum absolute atomic E-state index is 0.0225. The second-order valence-electron chi connectivity index (χ2n) is 27.1. The third-order valence-electron chi connectivity index (χ3n) is 20.5. The topological polar surface area (TPSA) is 118 Å².